The molecule has 1 saturated heterocycles. The number of hydrogen-bond acceptors (Lipinski definition) is 2. The third-order valence-electron chi connectivity index (χ3n) is 6.82. The van der Waals surface area contributed by atoms with Crippen LogP contribution < -0.4 is 0 Å². The molecule has 1 aliphatic heterocycles. The van der Waals surface area contributed by atoms with Crippen LogP contribution in [0.3, 0.4) is 0 Å². The Morgan fingerprint density at radius 2 is 1.34 bits per heavy atom. The van der Waals surface area contributed by atoms with Crippen LogP contribution in [-0.4, -0.2) is 18.3 Å². The molecule has 2 aromatic carbocycles. The Labute approximate surface area is 170 Å². The molecule has 1 heterocycles. The fourth-order valence-electron chi connectivity index (χ4n) is 4.37. The normalized spacial score (nSPS) is 25.7. The van der Waals surface area contributed by atoms with Crippen LogP contribution in [-0.2, 0) is 28.3 Å². The Bertz CT molecular complexity index is 874. The lowest BCUT2D eigenvalue weighted by atomic mass is 9.56. The first-order valence-corrected chi connectivity index (χ1v) is 10.1. The van der Waals surface area contributed by atoms with Gasteiger partial charge in [0.15, 0.2) is 0 Å². The molecule has 2 aromatic rings. The van der Waals surface area contributed by atoms with Crippen molar-refractivity contribution >= 4 is 7.12 Å². The molecule has 1 fully saturated rings. The van der Waals surface area contributed by atoms with Gasteiger partial charge in [0, 0.05) is 5.82 Å². The number of hydrogen-bond donors (Lipinski definition) is 0. The quantitative estimate of drug-likeness (QED) is 0.570. The maximum absolute atomic E-state index is 13.0. The SMILES string of the molecule is CC1(C)OB([C@H]2Cc3ccccc3C[C@@H]2c2ccc(C(F)(F)F)cc2)OC1(C)C. The second-order valence-corrected chi connectivity index (χ2v) is 9.19. The highest BCUT2D eigenvalue weighted by molar-refractivity contribution is 6.48. The number of fused-ring (bicyclic) bond motifs is 1. The average molecular weight is 402 g/mol. The number of rotatable bonds is 2. The summed E-state index contributed by atoms with van der Waals surface area (Å²) in [5, 5.41) is 0. The third kappa shape index (κ3) is 3.73. The minimum atomic E-state index is -4.33. The van der Waals surface area contributed by atoms with E-state index in [0.717, 1.165) is 18.4 Å². The van der Waals surface area contributed by atoms with Crippen molar-refractivity contribution in [1.82, 2.24) is 0 Å². The molecule has 0 bridgehead atoms. The highest BCUT2D eigenvalue weighted by Crippen LogP contribution is 2.49. The van der Waals surface area contributed by atoms with Crippen molar-refractivity contribution < 1.29 is 22.5 Å². The molecule has 29 heavy (non-hydrogen) atoms. The summed E-state index contributed by atoms with van der Waals surface area (Å²) in [6.45, 7) is 8.10. The van der Waals surface area contributed by atoms with Crippen LogP contribution in [0.1, 0.15) is 55.9 Å². The van der Waals surface area contributed by atoms with Crippen molar-refractivity contribution in [2.24, 2.45) is 0 Å². The summed E-state index contributed by atoms with van der Waals surface area (Å²) in [5.41, 5.74) is 1.89. The van der Waals surface area contributed by atoms with Crippen molar-refractivity contribution in [2.45, 2.75) is 69.7 Å². The topological polar surface area (TPSA) is 18.5 Å². The van der Waals surface area contributed by atoms with Gasteiger partial charge < -0.3 is 9.31 Å². The first-order valence-electron chi connectivity index (χ1n) is 10.1. The number of halogens is 3. The van der Waals surface area contributed by atoms with Gasteiger partial charge in [0.1, 0.15) is 0 Å². The minimum Gasteiger partial charge on any atom is -0.403 e. The zero-order valence-corrected chi connectivity index (χ0v) is 17.2. The van der Waals surface area contributed by atoms with Crippen LogP contribution in [0.2, 0.25) is 5.82 Å². The van der Waals surface area contributed by atoms with E-state index in [1.54, 1.807) is 12.1 Å². The predicted octanol–water partition coefficient (Wildman–Crippen LogP) is 6.05. The van der Waals surface area contributed by atoms with Gasteiger partial charge in [-0.2, -0.15) is 13.2 Å². The molecular weight excluding hydrogens is 376 g/mol. The van der Waals surface area contributed by atoms with E-state index in [-0.39, 0.29) is 11.7 Å². The van der Waals surface area contributed by atoms with E-state index in [1.807, 2.05) is 39.8 Å². The van der Waals surface area contributed by atoms with Crippen LogP contribution in [0.25, 0.3) is 0 Å². The van der Waals surface area contributed by atoms with Crippen LogP contribution in [0, 0.1) is 0 Å². The summed E-state index contributed by atoms with van der Waals surface area (Å²) in [6, 6.07) is 13.8. The van der Waals surface area contributed by atoms with E-state index in [9.17, 15) is 13.2 Å². The summed E-state index contributed by atoms with van der Waals surface area (Å²) < 4.78 is 51.7. The third-order valence-corrected chi connectivity index (χ3v) is 6.82. The van der Waals surface area contributed by atoms with Crippen molar-refractivity contribution in [3.8, 4) is 0 Å². The van der Waals surface area contributed by atoms with E-state index in [2.05, 4.69) is 12.1 Å². The molecule has 154 valence electrons. The van der Waals surface area contributed by atoms with Gasteiger partial charge in [0.05, 0.1) is 16.8 Å². The number of benzene rings is 2. The second-order valence-electron chi connectivity index (χ2n) is 9.19. The molecule has 6 heteroatoms. The van der Waals surface area contributed by atoms with Gasteiger partial charge in [-0.05, 0) is 75.3 Å². The number of alkyl halides is 3. The fourth-order valence-corrected chi connectivity index (χ4v) is 4.37. The molecule has 2 nitrogen and oxygen atoms in total. The molecule has 0 saturated carbocycles. The van der Waals surface area contributed by atoms with Crippen LogP contribution >= 0.6 is 0 Å². The van der Waals surface area contributed by atoms with E-state index < -0.39 is 30.1 Å². The molecule has 0 aromatic heterocycles. The zero-order valence-electron chi connectivity index (χ0n) is 17.2. The van der Waals surface area contributed by atoms with Gasteiger partial charge in [0.2, 0.25) is 0 Å². The Hall–Kier alpha value is -1.79. The Morgan fingerprint density at radius 1 is 0.828 bits per heavy atom. The van der Waals surface area contributed by atoms with Crippen LogP contribution in [0.5, 0.6) is 0 Å². The molecule has 1 aliphatic carbocycles. The van der Waals surface area contributed by atoms with E-state index in [4.69, 9.17) is 9.31 Å². The molecule has 0 unspecified atom stereocenters. The lowest BCUT2D eigenvalue weighted by Crippen LogP contribution is -2.41. The highest BCUT2D eigenvalue weighted by Gasteiger charge is 2.55. The van der Waals surface area contributed by atoms with Gasteiger partial charge in [-0.15, -0.1) is 0 Å². The first kappa shape index (κ1) is 20.5. The summed E-state index contributed by atoms with van der Waals surface area (Å²) in [4.78, 5) is 0. The maximum atomic E-state index is 13.0. The van der Waals surface area contributed by atoms with Crippen molar-refractivity contribution in [2.75, 3.05) is 0 Å². The minimum absolute atomic E-state index is 0.0295. The summed E-state index contributed by atoms with van der Waals surface area (Å²) in [5.74, 6) is 0.0598. The predicted molar refractivity (Wildman–Crippen MR) is 108 cm³/mol. The van der Waals surface area contributed by atoms with Gasteiger partial charge in [-0.3, -0.25) is 0 Å². The largest absolute Gasteiger partial charge is 0.462 e. The summed E-state index contributed by atoms with van der Waals surface area (Å²) >= 11 is 0. The molecule has 2 aliphatic rings. The Morgan fingerprint density at radius 3 is 1.86 bits per heavy atom. The standard InChI is InChI=1S/C23H26BF3O2/c1-21(2)22(3,4)29-24(28-21)20-14-17-8-6-5-7-16(17)13-19(20)15-9-11-18(12-10-15)23(25,26)27/h5-12,19-20H,13-14H2,1-4H3/t19-,20+/m1/s1. The smallest absolute Gasteiger partial charge is 0.403 e. The van der Waals surface area contributed by atoms with Gasteiger partial charge in [-0.25, -0.2) is 0 Å². The van der Waals surface area contributed by atoms with Gasteiger partial charge >= 0.3 is 13.3 Å². The van der Waals surface area contributed by atoms with Crippen molar-refractivity contribution in [3.05, 3.63) is 70.8 Å². The maximum Gasteiger partial charge on any atom is 0.462 e. The molecule has 2 atom stereocenters. The van der Waals surface area contributed by atoms with Crippen molar-refractivity contribution in [1.29, 1.82) is 0 Å². The fraction of sp³-hybridized carbons (Fsp3) is 0.478. The monoisotopic (exact) mass is 402 g/mol. The van der Waals surface area contributed by atoms with Crippen LogP contribution in [0.4, 0.5) is 13.2 Å². The van der Waals surface area contributed by atoms with E-state index >= 15 is 0 Å². The average Bonchev–Trinajstić information content (AvgIpc) is 2.87. The lowest BCUT2D eigenvalue weighted by molar-refractivity contribution is -0.137. The Balaban J connectivity index is 1.70. The van der Waals surface area contributed by atoms with Gasteiger partial charge in [0.25, 0.3) is 0 Å². The molecule has 0 spiro atoms. The van der Waals surface area contributed by atoms with E-state index in [0.29, 0.717) is 0 Å². The first-order chi connectivity index (χ1) is 13.5. The molecular formula is C23H26BF3O2. The van der Waals surface area contributed by atoms with Crippen molar-refractivity contribution in [3.63, 3.8) is 0 Å². The molecule has 4 rings (SSSR count). The second kappa shape index (κ2) is 6.88. The molecule has 0 amide bonds. The van der Waals surface area contributed by atoms with E-state index in [1.165, 1.54) is 23.3 Å². The van der Waals surface area contributed by atoms with Gasteiger partial charge in [-0.1, -0.05) is 36.4 Å². The lowest BCUT2D eigenvalue weighted by Gasteiger charge is -2.35. The molecule has 0 radical (unpaired) electrons. The van der Waals surface area contributed by atoms with Crippen LogP contribution in [0.15, 0.2) is 48.5 Å². The Kier molecular flexibility index (Phi) is 4.86. The zero-order chi connectivity index (χ0) is 21.0. The summed E-state index contributed by atoms with van der Waals surface area (Å²) in [6.07, 6.45) is -2.79. The highest BCUT2D eigenvalue weighted by atomic mass is 19.4. The molecule has 0 N–H and O–H groups in total. The summed E-state index contributed by atoms with van der Waals surface area (Å²) in [7, 11) is -0.402.